The van der Waals surface area contributed by atoms with Gasteiger partial charge in [-0.1, -0.05) is 25.1 Å². The molecule has 206 valence electrons. The largest absolute Gasteiger partial charge is 0.497 e. The molecule has 4 rings (SSSR count). The number of hydrogen-bond acceptors (Lipinski definition) is 7. The first kappa shape index (κ1) is 27.9. The molecule has 9 heteroatoms. The Bertz CT molecular complexity index is 1270. The minimum Gasteiger partial charge on any atom is -0.497 e. The number of anilines is 1. The number of amides is 2. The normalized spacial score (nSPS) is 14.4. The fourth-order valence-corrected chi connectivity index (χ4v) is 4.64. The number of carbonyl (C=O) groups excluding carboxylic acids is 2. The second-order valence-corrected chi connectivity index (χ2v) is 9.65. The number of aromatic nitrogens is 2. The Labute approximate surface area is 230 Å². The van der Waals surface area contributed by atoms with Crippen LogP contribution in [0, 0.1) is 0 Å². The van der Waals surface area contributed by atoms with E-state index in [1.807, 2.05) is 55.1 Å². The first-order valence-corrected chi connectivity index (χ1v) is 13.4. The number of rotatable bonds is 9. The Hall–Kier alpha value is -4.14. The Balaban J connectivity index is 1.40. The quantitative estimate of drug-likeness (QED) is 0.410. The van der Waals surface area contributed by atoms with Gasteiger partial charge in [0.2, 0.25) is 5.91 Å². The number of ether oxygens (including phenoxy) is 2. The maximum Gasteiger partial charge on any atom is 0.254 e. The van der Waals surface area contributed by atoms with Crippen LogP contribution in [-0.2, 0) is 4.79 Å². The van der Waals surface area contributed by atoms with Crippen LogP contribution in [0.3, 0.4) is 0 Å². The fourth-order valence-electron chi connectivity index (χ4n) is 4.64. The molecular formula is C30H37N5O4. The van der Waals surface area contributed by atoms with Crippen molar-refractivity contribution in [3.63, 3.8) is 0 Å². The van der Waals surface area contributed by atoms with Crippen molar-refractivity contribution in [3.8, 4) is 22.8 Å². The van der Waals surface area contributed by atoms with Crippen molar-refractivity contribution in [1.29, 1.82) is 0 Å². The van der Waals surface area contributed by atoms with E-state index in [4.69, 9.17) is 9.47 Å². The first-order chi connectivity index (χ1) is 18.9. The van der Waals surface area contributed by atoms with E-state index < -0.39 is 0 Å². The predicted molar refractivity (Wildman–Crippen MR) is 151 cm³/mol. The Morgan fingerprint density at radius 3 is 2.36 bits per heavy atom. The van der Waals surface area contributed by atoms with E-state index in [2.05, 4.69) is 15.1 Å². The monoisotopic (exact) mass is 531 g/mol. The third kappa shape index (κ3) is 6.85. The summed E-state index contributed by atoms with van der Waals surface area (Å²) in [6, 6.07) is 18.6. The smallest absolute Gasteiger partial charge is 0.254 e. The Kier molecular flexibility index (Phi) is 9.35. The zero-order chi connectivity index (χ0) is 27.8. The van der Waals surface area contributed by atoms with Crippen molar-refractivity contribution in [2.45, 2.75) is 32.7 Å². The van der Waals surface area contributed by atoms with Crippen LogP contribution in [0.15, 0.2) is 60.7 Å². The van der Waals surface area contributed by atoms with Crippen LogP contribution < -0.4 is 14.4 Å². The summed E-state index contributed by atoms with van der Waals surface area (Å²) in [7, 11) is 3.21. The van der Waals surface area contributed by atoms with Crippen LogP contribution >= 0.6 is 0 Å². The lowest BCUT2D eigenvalue weighted by Gasteiger charge is -2.31. The molecule has 1 saturated heterocycles. The van der Waals surface area contributed by atoms with Gasteiger partial charge in [0.15, 0.2) is 5.82 Å². The molecule has 9 nitrogen and oxygen atoms in total. The zero-order valence-corrected chi connectivity index (χ0v) is 23.2. The van der Waals surface area contributed by atoms with Gasteiger partial charge in [0.1, 0.15) is 18.0 Å². The summed E-state index contributed by atoms with van der Waals surface area (Å²) in [5.74, 6) is 1.95. The maximum atomic E-state index is 13.4. The van der Waals surface area contributed by atoms with E-state index in [0.29, 0.717) is 30.9 Å². The number of carbonyl (C=O) groups is 2. The lowest BCUT2D eigenvalue weighted by Crippen LogP contribution is -2.47. The van der Waals surface area contributed by atoms with Gasteiger partial charge in [0.05, 0.1) is 19.9 Å². The molecule has 1 aliphatic rings. The van der Waals surface area contributed by atoms with Crippen molar-refractivity contribution >= 4 is 17.6 Å². The molecule has 0 bridgehead atoms. The van der Waals surface area contributed by atoms with Crippen molar-refractivity contribution in [2.24, 2.45) is 0 Å². The van der Waals surface area contributed by atoms with E-state index in [9.17, 15) is 9.59 Å². The second kappa shape index (κ2) is 13.1. The molecule has 2 heterocycles. The van der Waals surface area contributed by atoms with Crippen molar-refractivity contribution < 1.29 is 19.1 Å². The highest BCUT2D eigenvalue weighted by atomic mass is 16.5. The van der Waals surface area contributed by atoms with Crippen molar-refractivity contribution in [3.05, 3.63) is 66.2 Å². The molecule has 1 unspecified atom stereocenters. The summed E-state index contributed by atoms with van der Waals surface area (Å²) in [6.07, 6.45) is 1.55. The molecule has 2 amide bonds. The molecule has 1 aromatic heterocycles. The zero-order valence-electron chi connectivity index (χ0n) is 23.2. The predicted octanol–water partition coefficient (Wildman–Crippen LogP) is 4.14. The van der Waals surface area contributed by atoms with Gasteiger partial charge in [0.25, 0.3) is 5.91 Å². The van der Waals surface area contributed by atoms with Crippen LogP contribution in [0.2, 0.25) is 0 Å². The van der Waals surface area contributed by atoms with E-state index in [-0.39, 0.29) is 24.4 Å². The van der Waals surface area contributed by atoms with Gasteiger partial charge in [-0.15, -0.1) is 10.2 Å². The standard InChI is InChI=1S/C30H37N5O4/c1-5-22(2)35(30(37)24-10-7-12-26(20-24)39-4)21-29(36)34-16-8-15-33(17-18-34)28-14-13-27(31-32-28)23-9-6-11-25(19-23)38-3/h6-7,9-14,19-20,22H,5,8,15-18,21H2,1-4H3. The Morgan fingerprint density at radius 2 is 1.67 bits per heavy atom. The molecule has 0 saturated carbocycles. The summed E-state index contributed by atoms with van der Waals surface area (Å²) < 4.78 is 10.6. The van der Waals surface area contributed by atoms with Gasteiger partial charge in [-0.2, -0.15) is 0 Å². The number of methoxy groups -OCH3 is 2. The van der Waals surface area contributed by atoms with Crippen LogP contribution in [0.5, 0.6) is 11.5 Å². The van der Waals surface area contributed by atoms with Crippen LogP contribution in [0.4, 0.5) is 5.82 Å². The van der Waals surface area contributed by atoms with Crippen molar-refractivity contribution in [1.82, 2.24) is 20.0 Å². The highest BCUT2D eigenvalue weighted by molar-refractivity contribution is 5.97. The van der Waals surface area contributed by atoms with E-state index in [1.54, 1.807) is 43.4 Å². The minimum absolute atomic E-state index is 0.0418. The molecule has 0 radical (unpaired) electrons. The van der Waals surface area contributed by atoms with Gasteiger partial charge in [-0.05, 0) is 62.2 Å². The van der Waals surface area contributed by atoms with E-state index >= 15 is 0 Å². The first-order valence-electron chi connectivity index (χ1n) is 13.4. The highest BCUT2D eigenvalue weighted by Gasteiger charge is 2.27. The molecule has 1 atom stereocenters. The lowest BCUT2D eigenvalue weighted by molar-refractivity contribution is -0.132. The second-order valence-electron chi connectivity index (χ2n) is 9.65. The van der Waals surface area contributed by atoms with E-state index in [0.717, 1.165) is 42.2 Å². The number of hydrogen-bond donors (Lipinski definition) is 0. The maximum absolute atomic E-state index is 13.4. The Morgan fingerprint density at radius 1 is 0.923 bits per heavy atom. The molecule has 0 N–H and O–H groups in total. The van der Waals surface area contributed by atoms with Gasteiger partial charge in [-0.3, -0.25) is 9.59 Å². The molecular weight excluding hydrogens is 494 g/mol. The van der Waals surface area contributed by atoms with Crippen LogP contribution in [0.25, 0.3) is 11.3 Å². The molecule has 1 aliphatic heterocycles. The summed E-state index contributed by atoms with van der Waals surface area (Å²) >= 11 is 0. The summed E-state index contributed by atoms with van der Waals surface area (Å²) in [4.78, 5) is 32.4. The van der Waals surface area contributed by atoms with Crippen LogP contribution in [-0.4, -0.2) is 84.8 Å². The van der Waals surface area contributed by atoms with Crippen molar-refractivity contribution in [2.75, 3.05) is 51.8 Å². The minimum atomic E-state index is -0.167. The van der Waals surface area contributed by atoms with Gasteiger partial charge < -0.3 is 24.2 Å². The number of benzene rings is 2. The van der Waals surface area contributed by atoms with Crippen LogP contribution in [0.1, 0.15) is 37.0 Å². The third-order valence-electron chi connectivity index (χ3n) is 7.19. The molecule has 0 aliphatic carbocycles. The molecule has 39 heavy (non-hydrogen) atoms. The molecule has 2 aromatic carbocycles. The fraction of sp³-hybridized carbons (Fsp3) is 0.400. The topological polar surface area (TPSA) is 88.1 Å². The third-order valence-corrected chi connectivity index (χ3v) is 7.19. The average Bonchev–Trinajstić information content (AvgIpc) is 3.26. The molecule has 3 aromatic rings. The average molecular weight is 532 g/mol. The van der Waals surface area contributed by atoms with E-state index in [1.165, 1.54) is 0 Å². The summed E-state index contributed by atoms with van der Waals surface area (Å²) in [5, 5.41) is 8.90. The van der Waals surface area contributed by atoms with Gasteiger partial charge in [0, 0.05) is 43.3 Å². The highest BCUT2D eigenvalue weighted by Crippen LogP contribution is 2.23. The lowest BCUT2D eigenvalue weighted by atomic mass is 10.1. The SMILES string of the molecule is CCC(C)N(CC(=O)N1CCCN(c2ccc(-c3cccc(OC)c3)nn2)CC1)C(=O)c1cccc(OC)c1. The molecule has 1 fully saturated rings. The summed E-state index contributed by atoms with van der Waals surface area (Å²) in [5.41, 5.74) is 2.23. The van der Waals surface area contributed by atoms with Gasteiger partial charge >= 0.3 is 0 Å². The number of nitrogens with zero attached hydrogens (tertiary/aromatic N) is 5. The molecule has 0 spiro atoms. The summed E-state index contributed by atoms with van der Waals surface area (Å²) in [6.45, 7) is 6.64. The van der Waals surface area contributed by atoms with Gasteiger partial charge in [-0.25, -0.2) is 0 Å².